The number of nitrogens with one attached hydrogen (secondary N) is 2. The molecule has 0 spiro atoms. The highest BCUT2D eigenvalue weighted by molar-refractivity contribution is 6.33. The third-order valence-corrected chi connectivity index (χ3v) is 5.49. The van der Waals surface area contributed by atoms with E-state index in [1.807, 2.05) is 48.5 Å². The number of carbonyl (C=O) groups is 1. The van der Waals surface area contributed by atoms with Gasteiger partial charge in [-0.05, 0) is 37.1 Å². The van der Waals surface area contributed by atoms with Gasteiger partial charge < -0.3 is 10.6 Å². The average molecular weight is 395 g/mol. The largest absolute Gasteiger partial charge is 0.368 e. The molecule has 1 aromatic heterocycles. The van der Waals surface area contributed by atoms with Crippen LogP contribution in [0, 0.1) is 5.92 Å². The Labute approximate surface area is 169 Å². The van der Waals surface area contributed by atoms with Crippen LogP contribution >= 0.6 is 11.6 Å². The molecule has 144 valence electrons. The summed E-state index contributed by atoms with van der Waals surface area (Å²) in [7, 11) is 0. The van der Waals surface area contributed by atoms with Crippen LogP contribution < -0.4 is 10.6 Å². The van der Waals surface area contributed by atoms with Crippen molar-refractivity contribution < 1.29 is 4.79 Å². The Kier molecular flexibility index (Phi) is 5.72. The lowest BCUT2D eigenvalue weighted by Crippen LogP contribution is -2.33. The molecule has 1 fully saturated rings. The van der Waals surface area contributed by atoms with Crippen molar-refractivity contribution in [2.24, 2.45) is 5.92 Å². The van der Waals surface area contributed by atoms with Gasteiger partial charge in [-0.25, -0.2) is 9.97 Å². The molecule has 0 unspecified atom stereocenters. The Hall–Kier alpha value is -2.66. The van der Waals surface area contributed by atoms with E-state index in [2.05, 4.69) is 15.6 Å². The SMILES string of the molecule is O=C(NCCNc1nc(-c2ccccc2Cl)nc2ccccc12)C1CCCC1. The zero-order valence-electron chi connectivity index (χ0n) is 15.6. The molecule has 4 rings (SSSR count). The summed E-state index contributed by atoms with van der Waals surface area (Å²) >= 11 is 6.34. The molecule has 1 aliphatic rings. The van der Waals surface area contributed by atoms with Crippen molar-refractivity contribution in [3.8, 4) is 11.4 Å². The topological polar surface area (TPSA) is 66.9 Å². The lowest BCUT2D eigenvalue weighted by Gasteiger charge is -2.13. The first-order valence-corrected chi connectivity index (χ1v) is 10.1. The Balaban J connectivity index is 1.51. The van der Waals surface area contributed by atoms with Gasteiger partial charge in [-0.2, -0.15) is 0 Å². The normalized spacial score (nSPS) is 14.3. The molecule has 3 aromatic rings. The van der Waals surface area contributed by atoms with Gasteiger partial charge >= 0.3 is 0 Å². The fourth-order valence-corrected chi connectivity index (χ4v) is 3.89. The maximum absolute atomic E-state index is 12.2. The van der Waals surface area contributed by atoms with Crippen LogP contribution in [0.2, 0.25) is 5.02 Å². The van der Waals surface area contributed by atoms with Gasteiger partial charge in [0.15, 0.2) is 5.82 Å². The predicted octanol–water partition coefficient (Wildman–Crippen LogP) is 4.67. The van der Waals surface area contributed by atoms with Crippen LogP contribution in [0.25, 0.3) is 22.3 Å². The number of anilines is 1. The molecule has 28 heavy (non-hydrogen) atoms. The number of aromatic nitrogens is 2. The van der Waals surface area contributed by atoms with E-state index in [4.69, 9.17) is 16.6 Å². The second kappa shape index (κ2) is 8.57. The molecular weight excluding hydrogens is 372 g/mol. The van der Waals surface area contributed by atoms with Crippen LogP contribution in [0.3, 0.4) is 0 Å². The van der Waals surface area contributed by atoms with Crippen molar-refractivity contribution in [2.75, 3.05) is 18.4 Å². The first-order chi connectivity index (χ1) is 13.7. The quantitative estimate of drug-likeness (QED) is 0.596. The molecule has 2 N–H and O–H groups in total. The van der Waals surface area contributed by atoms with Crippen LogP contribution in [0.4, 0.5) is 5.82 Å². The molecule has 2 aromatic carbocycles. The van der Waals surface area contributed by atoms with Gasteiger partial charge in [0.1, 0.15) is 5.82 Å². The number of halogens is 1. The Morgan fingerprint density at radius 3 is 2.57 bits per heavy atom. The predicted molar refractivity (Wildman–Crippen MR) is 113 cm³/mol. The van der Waals surface area contributed by atoms with Crippen molar-refractivity contribution in [3.63, 3.8) is 0 Å². The highest BCUT2D eigenvalue weighted by atomic mass is 35.5. The first-order valence-electron chi connectivity index (χ1n) is 9.75. The van der Waals surface area contributed by atoms with Crippen LogP contribution in [0.15, 0.2) is 48.5 Å². The summed E-state index contributed by atoms with van der Waals surface area (Å²) in [4.78, 5) is 21.5. The van der Waals surface area contributed by atoms with Crippen molar-refractivity contribution in [2.45, 2.75) is 25.7 Å². The van der Waals surface area contributed by atoms with Gasteiger partial charge in [0.2, 0.25) is 5.91 Å². The Bertz CT molecular complexity index is 985. The molecule has 6 heteroatoms. The van der Waals surface area contributed by atoms with Crippen LogP contribution in [0.5, 0.6) is 0 Å². The van der Waals surface area contributed by atoms with E-state index in [0.717, 1.165) is 48.0 Å². The number of hydrogen-bond acceptors (Lipinski definition) is 4. The van der Waals surface area contributed by atoms with E-state index < -0.39 is 0 Å². The van der Waals surface area contributed by atoms with Gasteiger partial charge in [0.25, 0.3) is 0 Å². The van der Waals surface area contributed by atoms with Crippen LogP contribution in [-0.2, 0) is 4.79 Å². The molecule has 5 nitrogen and oxygen atoms in total. The van der Waals surface area contributed by atoms with E-state index in [0.29, 0.717) is 23.9 Å². The van der Waals surface area contributed by atoms with Gasteiger partial charge in [0.05, 0.1) is 10.5 Å². The van der Waals surface area contributed by atoms with Crippen molar-refractivity contribution >= 4 is 34.2 Å². The first kappa shape index (κ1) is 18.7. The summed E-state index contributed by atoms with van der Waals surface area (Å²) in [6.45, 7) is 1.16. The standard InChI is InChI=1S/C22H23ClN4O/c23-18-11-5-3-9-16(18)21-26-19-12-6-4-10-17(19)20(27-21)24-13-14-25-22(28)15-7-1-2-8-15/h3-6,9-12,15H,1-2,7-8,13-14H2,(H,25,28)(H,24,26,27). The van der Waals surface area contributed by atoms with Crippen molar-refractivity contribution in [3.05, 3.63) is 53.6 Å². The van der Waals surface area contributed by atoms with Crippen LogP contribution in [-0.4, -0.2) is 29.0 Å². The van der Waals surface area contributed by atoms with Gasteiger partial charge in [-0.1, -0.05) is 48.7 Å². The number of rotatable bonds is 6. The lowest BCUT2D eigenvalue weighted by atomic mass is 10.1. The number of benzene rings is 2. The summed E-state index contributed by atoms with van der Waals surface area (Å²) in [6.07, 6.45) is 4.34. The number of nitrogens with zero attached hydrogens (tertiary/aromatic N) is 2. The number of para-hydroxylation sites is 1. The average Bonchev–Trinajstić information content (AvgIpc) is 3.26. The molecule has 0 radical (unpaired) electrons. The second-order valence-corrected chi connectivity index (χ2v) is 7.50. The van der Waals surface area contributed by atoms with Gasteiger partial charge in [-0.15, -0.1) is 0 Å². The van der Waals surface area contributed by atoms with E-state index in [1.54, 1.807) is 0 Å². The molecule has 1 aliphatic carbocycles. The van der Waals surface area contributed by atoms with Crippen LogP contribution in [0.1, 0.15) is 25.7 Å². The fraction of sp³-hybridized carbons (Fsp3) is 0.318. The number of carbonyl (C=O) groups excluding carboxylic acids is 1. The summed E-state index contributed by atoms with van der Waals surface area (Å²) in [5, 5.41) is 7.95. The lowest BCUT2D eigenvalue weighted by molar-refractivity contribution is -0.124. The monoisotopic (exact) mass is 394 g/mol. The molecular formula is C22H23ClN4O. The molecule has 1 saturated carbocycles. The summed E-state index contributed by atoms with van der Waals surface area (Å²) in [6, 6.07) is 15.4. The zero-order chi connectivity index (χ0) is 19.3. The maximum atomic E-state index is 12.2. The minimum absolute atomic E-state index is 0.170. The van der Waals surface area contributed by atoms with E-state index in [1.165, 1.54) is 0 Å². The molecule has 1 heterocycles. The summed E-state index contributed by atoms with van der Waals surface area (Å²) < 4.78 is 0. The van der Waals surface area contributed by atoms with Crippen molar-refractivity contribution in [1.82, 2.24) is 15.3 Å². The van der Waals surface area contributed by atoms with Gasteiger partial charge in [-0.3, -0.25) is 4.79 Å². The molecule has 0 bridgehead atoms. The summed E-state index contributed by atoms with van der Waals surface area (Å²) in [5.74, 6) is 1.69. The Morgan fingerprint density at radius 2 is 1.75 bits per heavy atom. The smallest absolute Gasteiger partial charge is 0.223 e. The third-order valence-electron chi connectivity index (χ3n) is 5.16. The minimum Gasteiger partial charge on any atom is -0.368 e. The molecule has 1 amide bonds. The maximum Gasteiger partial charge on any atom is 0.223 e. The molecule has 0 atom stereocenters. The van der Waals surface area contributed by atoms with E-state index in [-0.39, 0.29) is 11.8 Å². The second-order valence-electron chi connectivity index (χ2n) is 7.09. The minimum atomic E-state index is 0.170. The van der Waals surface area contributed by atoms with E-state index in [9.17, 15) is 4.79 Å². The zero-order valence-corrected chi connectivity index (χ0v) is 16.4. The number of fused-ring (bicyclic) bond motifs is 1. The Morgan fingerprint density at radius 1 is 1.00 bits per heavy atom. The fourth-order valence-electron chi connectivity index (χ4n) is 3.67. The number of hydrogen-bond donors (Lipinski definition) is 2. The van der Waals surface area contributed by atoms with Gasteiger partial charge in [0, 0.05) is 30.0 Å². The molecule has 0 aliphatic heterocycles. The highest BCUT2D eigenvalue weighted by Crippen LogP contribution is 2.29. The van der Waals surface area contributed by atoms with Crippen molar-refractivity contribution in [1.29, 1.82) is 0 Å². The van der Waals surface area contributed by atoms with E-state index >= 15 is 0 Å². The number of amides is 1. The summed E-state index contributed by atoms with van der Waals surface area (Å²) in [5.41, 5.74) is 1.65. The molecule has 0 saturated heterocycles. The highest BCUT2D eigenvalue weighted by Gasteiger charge is 2.22. The third kappa shape index (κ3) is 4.09.